The highest BCUT2D eigenvalue weighted by molar-refractivity contribution is 5.74. The predicted molar refractivity (Wildman–Crippen MR) is 92.9 cm³/mol. The Labute approximate surface area is 152 Å². The van der Waals surface area contributed by atoms with Gasteiger partial charge in [0.25, 0.3) is 0 Å². The van der Waals surface area contributed by atoms with Crippen molar-refractivity contribution in [3.63, 3.8) is 0 Å². The normalized spacial score (nSPS) is 10.8. The molecule has 3 aromatic heterocycles. The first kappa shape index (κ1) is 16.7. The zero-order valence-electron chi connectivity index (χ0n) is 14.0. The van der Waals surface area contributed by atoms with Crippen molar-refractivity contribution in [3.05, 3.63) is 66.3 Å². The maximum absolute atomic E-state index is 14.2. The molecule has 1 aromatic carbocycles. The number of halogens is 2. The Balaban J connectivity index is 1.82. The summed E-state index contributed by atoms with van der Waals surface area (Å²) in [6.07, 6.45) is 4.02. The van der Waals surface area contributed by atoms with Gasteiger partial charge in [0.05, 0.1) is 12.4 Å². The van der Waals surface area contributed by atoms with Gasteiger partial charge in [-0.25, -0.2) is 18.7 Å². The van der Waals surface area contributed by atoms with Crippen LogP contribution in [0, 0.1) is 18.6 Å². The Morgan fingerprint density at radius 1 is 1.04 bits per heavy atom. The van der Waals surface area contributed by atoms with Crippen molar-refractivity contribution < 1.29 is 13.2 Å². The highest BCUT2D eigenvalue weighted by Gasteiger charge is 2.20. The van der Waals surface area contributed by atoms with Crippen LogP contribution < -0.4 is 5.32 Å². The van der Waals surface area contributed by atoms with E-state index in [1.54, 1.807) is 19.1 Å². The third kappa shape index (κ3) is 3.47. The minimum absolute atomic E-state index is 0.0877. The van der Waals surface area contributed by atoms with Crippen molar-refractivity contribution in [2.45, 2.75) is 6.92 Å². The van der Waals surface area contributed by atoms with E-state index in [0.29, 0.717) is 11.4 Å². The van der Waals surface area contributed by atoms with Crippen LogP contribution in [-0.2, 0) is 0 Å². The lowest BCUT2D eigenvalue weighted by Crippen LogP contribution is -2.04. The van der Waals surface area contributed by atoms with E-state index in [0.717, 1.165) is 6.20 Å². The van der Waals surface area contributed by atoms with E-state index in [4.69, 9.17) is 4.42 Å². The zero-order chi connectivity index (χ0) is 18.8. The van der Waals surface area contributed by atoms with Crippen molar-refractivity contribution in [2.75, 3.05) is 5.32 Å². The minimum atomic E-state index is -0.580. The first-order valence-corrected chi connectivity index (χ1v) is 7.90. The van der Waals surface area contributed by atoms with Crippen LogP contribution in [0.2, 0.25) is 0 Å². The molecule has 0 atom stereocenters. The molecular weight excluding hydrogens is 354 g/mol. The Kier molecular flexibility index (Phi) is 4.25. The van der Waals surface area contributed by atoms with Gasteiger partial charge in [0, 0.05) is 17.4 Å². The Bertz CT molecular complexity index is 1110. The Morgan fingerprint density at radius 2 is 1.93 bits per heavy atom. The number of aromatic nitrogens is 5. The third-order valence-electron chi connectivity index (χ3n) is 3.62. The van der Waals surface area contributed by atoms with E-state index < -0.39 is 11.6 Å². The smallest absolute Gasteiger partial charge is 0.247 e. The number of hydrogen-bond donors (Lipinski definition) is 1. The van der Waals surface area contributed by atoms with Gasteiger partial charge in [0.1, 0.15) is 17.3 Å². The summed E-state index contributed by atoms with van der Waals surface area (Å²) in [5, 5.41) is 10.9. The molecular formula is C18H12F2N6O. The molecule has 0 spiro atoms. The second-order valence-corrected chi connectivity index (χ2v) is 5.60. The average Bonchev–Trinajstić information content (AvgIpc) is 3.09. The summed E-state index contributed by atoms with van der Waals surface area (Å²) in [4.78, 5) is 12.2. The molecule has 0 saturated heterocycles. The molecule has 0 aliphatic rings. The first-order valence-electron chi connectivity index (χ1n) is 7.90. The van der Waals surface area contributed by atoms with E-state index in [9.17, 15) is 8.78 Å². The number of oxazole rings is 1. The number of nitrogens with one attached hydrogen (secondary N) is 1. The summed E-state index contributed by atoms with van der Waals surface area (Å²) >= 11 is 0. The van der Waals surface area contributed by atoms with Gasteiger partial charge in [-0.2, -0.15) is 0 Å². The topological polar surface area (TPSA) is 89.6 Å². The zero-order valence-corrected chi connectivity index (χ0v) is 14.0. The van der Waals surface area contributed by atoms with Gasteiger partial charge in [-0.15, -0.1) is 10.2 Å². The molecule has 0 unspecified atom stereocenters. The quantitative estimate of drug-likeness (QED) is 0.585. The summed E-state index contributed by atoms with van der Waals surface area (Å²) in [5.74, 6) is -0.180. The molecule has 134 valence electrons. The summed E-state index contributed by atoms with van der Waals surface area (Å²) in [7, 11) is 0. The van der Waals surface area contributed by atoms with Crippen LogP contribution in [0.4, 0.5) is 20.4 Å². The van der Waals surface area contributed by atoms with E-state index in [1.165, 1.54) is 30.6 Å². The van der Waals surface area contributed by atoms with E-state index in [1.807, 2.05) is 0 Å². The second-order valence-electron chi connectivity index (χ2n) is 5.60. The molecule has 1 N–H and O–H groups in total. The van der Waals surface area contributed by atoms with Gasteiger partial charge in [-0.05, 0) is 31.2 Å². The molecule has 0 aliphatic carbocycles. The fraction of sp³-hybridized carbons (Fsp3) is 0.0556. The predicted octanol–water partition coefficient (Wildman–Crippen LogP) is 3.92. The molecule has 0 bridgehead atoms. The summed E-state index contributed by atoms with van der Waals surface area (Å²) < 4.78 is 33.1. The monoisotopic (exact) mass is 366 g/mol. The summed E-state index contributed by atoms with van der Waals surface area (Å²) in [5.41, 5.74) is 0.950. The van der Waals surface area contributed by atoms with Crippen LogP contribution in [-0.4, -0.2) is 25.1 Å². The first-order chi connectivity index (χ1) is 13.1. The van der Waals surface area contributed by atoms with Gasteiger partial charge in [0.2, 0.25) is 11.8 Å². The highest BCUT2D eigenvalue weighted by Crippen LogP contribution is 2.30. The van der Waals surface area contributed by atoms with Crippen LogP contribution in [0.3, 0.4) is 0 Å². The molecule has 0 saturated carbocycles. The van der Waals surface area contributed by atoms with Crippen molar-refractivity contribution in [3.8, 4) is 22.8 Å². The van der Waals surface area contributed by atoms with Crippen LogP contribution in [0.25, 0.3) is 22.8 Å². The largest absolute Gasteiger partial charge is 0.440 e. The van der Waals surface area contributed by atoms with Gasteiger partial charge in [-0.3, -0.25) is 4.98 Å². The molecule has 0 aliphatic heterocycles. The number of nitrogens with zero attached hydrogens (tertiary/aromatic N) is 5. The number of aryl methyl sites for hydroxylation is 1. The summed E-state index contributed by atoms with van der Waals surface area (Å²) in [6, 6.07) is 7.26. The molecule has 27 heavy (non-hydrogen) atoms. The van der Waals surface area contributed by atoms with Crippen molar-refractivity contribution in [1.82, 2.24) is 25.1 Å². The van der Waals surface area contributed by atoms with Crippen molar-refractivity contribution in [1.29, 1.82) is 0 Å². The van der Waals surface area contributed by atoms with Gasteiger partial charge < -0.3 is 9.73 Å². The van der Waals surface area contributed by atoms with Crippen LogP contribution in [0.5, 0.6) is 0 Å². The fourth-order valence-electron chi connectivity index (χ4n) is 2.44. The Morgan fingerprint density at radius 3 is 2.67 bits per heavy atom. The van der Waals surface area contributed by atoms with Gasteiger partial charge in [0.15, 0.2) is 11.5 Å². The van der Waals surface area contributed by atoms with Crippen molar-refractivity contribution in [2.24, 2.45) is 0 Å². The van der Waals surface area contributed by atoms with E-state index in [-0.39, 0.29) is 28.8 Å². The molecule has 4 rings (SSSR count). The maximum atomic E-state index is 14.2. The fourth-order valence-corrected chi connectivity index (χ4v) is 2.44. The molecule has 9 heteroatoms. The number of rotatable bonds is 4. The van der Waals surface area contributed by atoms with Crippen LogP contribution >= 0.6 is 0 Å². The molecule has 0 amide bonds. The lowest BCUT2D eigenvalue weighted by atomic mass is 10.1. The summed E-state index contributed by atoms with van der Waals surface area (Å²) in [6.45, 7) is 1.73. The highest BCUT2D eigenvalue weighted by atomic mass is 19.1. The number of anilines is 2. The molecule has 4 aromatic rings. The van der Waals surface area contributed by atoms with E-state index >= 15 is 0 Å². The third-order valence-corrected chi connectivity index (χ3v) is 3.62. The number of pyridine rings is 1. The number of benzene rings is 1. The van der Waals surface area contributed by atoms with Crippen LogP contribution in [0.15, 0.2) is 53.3 Å². The molecule has 0 radical (unpaired) electrons. The van der Waals surface area contributed by atoms with E-state index in [2.05, 4.69) is 30.5 Å². The maximum Gasteiger partial charge on any atom is 0.247 e. The average molecular weight is 366 g/mol. The molecule has 7 nitrogen and oxygen atoms in total. The minimum Gasteiger partial charge on any atom is -0.440 e. The number of hydrogen-bond acceptors (Lipinski definition) is 7. The van der Waals surface area contributed by atoms with Gasteiger partial charge >= 0.3 is 0 Å². The Hall–Kier alpha value is -3.75. The molecule has 3 heterocycles. The van der Waals surface area contributed by atoms with Gasteiger partial charge in [-0.1, -0.05) is 6.07 Å². The SMILES string of the molecule is Cc1cnc(-c2nc(Nc3cccc(F)c3)nnc2-c2ccncc2F)o1. The molecule has 0 fully saturated rings. The lowest BCUT2D eigenvalue weighted by Gasteiger charge is -2.09. The van der Waals surface area contributed by atoms with Crippen molar-refractivity contribution >= 4 is 11.6 Å². The van der Waals surface area contributed by atoms with Crippen LogP contribution in [0.1, 0.15) is 5.76 Å². The second kappa shape index (κ2) is 6.87. The standard InChI is InChI=1S/C18H12F2N6O/c1-10-8-22-17(27-10)16-15(13-5-6-21-9-14(13)20)25-26-18(24-16)23-12-4-2-3-11(19)7-12/h2-9H,1H3,(H,23,24,26). The lowest BCUT2D eigenvalue weighted by molar-refractivity contribution is 0.540.